The van der Waals surface area contributed by atoms with Gasteiger partial charge in [-0.3, -0.25) is 14.8 Å². The van der Waals surface area contributed by atoms with Crippen LogP contribution in [0.1, 0.15) is 5.56 Å². The zero-order chi connectivity index (χ0) is 18.2. The predicted molar refractivity (Wildman–Crippen MR) is 100 cm³/mol. The third kappa shape index (κ3) is 5.69. The van der Waals surface area contributed by atoms with Gasteiger partial charge in [-0.1, -0.05) is 0 Å². The summed E-state index contributed by atoms with van der Waals surface area (Å²) in [5.41, 5.74) is 1.29. The number of β-amino-alcohol motifs (C(OH)–C–C–N with tert-alkyl or cyclic N) is 1. The largest absolute Gasteiger partial charge is 0.497 e. The van der Waals surface area contributed by atoms with Gasteiger partial charge in [0.05, 0.1) is 7.11 Å². The first-order chi connectivity index (χ1) is 12.7. The number of pyridine rings is 1. The summed E-state index contributed by atoms with van der Waals surface area (Å²) < 4.78 is 10.8. The molecule has 140 valence electrons. The molecule has 26 heavy (non-hydrogen) atoms. The molecule has 1 fully saturated rings. The van der Waals surface area contributed by atoms with Crippen molar-refractivity contribution in [3.8, 4) is 11.5 Å². The molecule has 6 heteroatoms. The van der Waals surface area contributed by atoms with E-state index < -0.39 is 6.10 Å². The van der Waals surface area contributed by atoms with Crippen LogP contribution in [0, 0.1) is 0 Å². The first-order valence-corrected chi connectivity index (χ1v) is 9.01. The Kier molecular flexibility index (Phi) is 6.82. The molecule has 0 bridgehead atoms. The van der Waals surface area contributed by atoms with E-state index in [4.69, 9.17) is 9.47 Å². The van der Waals surface area contributed by atoms with E-state index in [9.17, 15) is 5.11 Å². The van der Waals surface area contributed by atoms with E-state index in [0.717, 1.165) is 44.2 Å². The maximum atomic E-state index is 10.3. The fraction of sp³-hybridized carbons (Fsp3) is 0.450. The number of hydrogen-bond donors (Lipinski definition) is 1. The van der Waals surface area contributed by atoms with Crippen molar-refractivity contribution < 1.29 is 14.6 Å². The van der Waals surface area contributed by atoms with Crippen LogP contribution in [-0.4, -0.2) is 72.4 Å². The number of methoxy groups -OCH3 is 1. The van der Waals surface area contributed by atoms with E-state index in [1.165, 1.54) is 5.56 Å². The van der Waals surface area contributed by atoms with Gasteiger partial charge >= 0.3 is 0 Å². The molecular formula is C20H27N3O3. The van der Waals surface area contributed by atoms with E-state index in [1.54, 1.807) is 7.11 Å². The highest BCUT2D eigenvalue weighted by atomic mass is 16.5. The van der Waals surface area contributed by atoms with Crippen LogP contribution < -0.4 is 9.47 Å². The minimum atomic E-state index is -0.496. The van der Waals surface area contributed by atoms with E-state index in [2.05, 4.69) is 26.9 Å². The van der Waals surface area contributed by atoms with Crippen LogP contribution in [0.2, 0.25) is 0 Å². The lowest BCUT2D eigenvalue weighted by Crippen LogP contribution is -2.48. The number of aromatic nitrogens is 1. The molecule has 1 N–H and O–H groups in total. The van der Waals surface area contributed by atoms with Gasteiger partial charge in [-0.15, -0.1) is 0 Å². The molecule has 2 aromatic rings. The molecule has 3 rings (SSSR count). The summed E-state index contributed by atoms with van der Waals surface area (Å²) in [5.74, 6) is 1.54. The molecule has 1 aromatic heterocycles. The zero-order valence-electron chi connectivity index (χ0n) is 15.3. The van der Waals surface area contributed by atoms with Crippen molar-refractivity contribution in [1.82, 2.24) is 14.8 Å². The topological polar surface area (TPSA) is 58.1 Å². The standard InChI is InChI=1S/C20H27N3O3/c1-25-19-2-4-20(5-3-19)26-16-18(24)15-23-12-10-22(11-13-23)14-17-6-8-21-9-7-17/h2-9,18,24H,10-16H2,1H3. The fourth-order valence-electron chi connectivity index (χ4n) is 3.09. The Labute approximate surface area is 155 Å². The van der Waals surface area contributed by atoms with E-state index in [-0.39, 0.29) is 0 Å². The molecule has 1 unspecified atom stereocenters. The number of aliphatic hydroxyl groups excluding tert-OH is 1. The minimum absolute atomic E-state index is 0.295. The van der Waals surface area contributed by atoms with Gasteiger partial charge in [0, 0.05) is 51.7 Å². The molecular weight excluding hydrogens is 330 g/mol. The van der Waals surface area contributed by atoms with Gasteiger partial charge in [-0.25, -0.2) is 0 Å². The van der Waals surface area contributed by atoms with Crippen LogP contribution in [-0.2, 0) is 6.54 Å². The molecule has 2 heterocycles. The Hall–Kier alpha value is -2.15. The molecule has 1 aliphatic rings. The van der Waals surface area contributed by atoms with Gasteiger partial charge in [0.1, 0.15) is 24.2 Å². The van der Waals surface area contributed by atoms with Crippen molar-refractivity contribution in [2.24, 2.45) is 0 Å². The molecule has 1 atom stereocenters. The monoisotopic (exact) mass is 357 g/mol. The predicted octanol–water partition coefficient (Wildman–Crippen LogP) is 1.65. The molecule has 1 aromatic carbocycles. The molecule has 0 saturated carbocycles. The summed E-state index contributed by atoms with van der Waals surface area (Å²) >= 11 is 0. The van der Waals surface area contributed by atoms with Crippen molar-refractivity contribution in [2.75, 3.05) is 46.4 Å². The number of nitrogens with zero attached hydrogens (tertiary/aromatic N) is 3. The Bertz CT molecular complexity index is 643. The molecule has 0 spiro atoms. The molecule has 6 nitrogen and oxygen atoms in total. The molecule has 1 aliphatic heterocycles. The molecule has 1 saturated heterocycles. The Morgan fingerprint density at radius 1 is 0.962 bits per heavy atom. The van der Waals surface area contributed by atoms with Crippen LogP contribution in [0.4, 0.5) is 0 Å². The lowest BCUT2D eigenvalue weighted by Gasteiger charge is -2.35. The zero-order valence-corrected chi connectivity index (χ0v) is 15.3. The van der Waals surface area contributed by atoms with E-state index in [1.807, 2.05) is 36.7 Å². The van der Waals surface area contributed by atoms with Crippen molar-refractivity contribution in [1.29, 1.82) is 0 Å². The normalized spacial score (nSPS) is 17.0. The number of aliphatic hydroxyl groups is 1. The summed E-state index contributed by atoms with van der Waals surface area (Å²) in [7, 11) is 1.64. The average molecular weight is 357 g/mol. The number of ether oxygens (including phenoxy) is 2. The van der Waals surface area contributed by atoms with Crippen molar-refractivity contribution in [3.63, 3.8) is 0 Å². The van der Waals surface area contributed by atoms with Crippen LogP contribution in [0.5, 0.6) is 11.5 Å². The van der Waals surface area contributed by atoms with E-state index >= 15 is 0 Å². The van der Waals surface area contributed by atoms with Gasteiger partial charge in [-0.2, -0.15) is 0 Å². The van der Waals surface area contributed by atoms with Crippen molar-refractivity contribution >= 4 is 0 Å². The molecule has 0 amide bonds. The van der Waals surface area contributed by atoms with Crippen LogP contribution in [0.25, 0.3) is 0 Å². The van der Waals surface area contributed by atoms with Gasteiger partial charge in [0.2, 0.25) is 0 Å². The maximum absolute atomic E-state index is 10.3. The Morgan fingerprint density at radius 2 is 1.58 bits per heavy atom. The summed E-state index contributed by atoms with van der Waals surface area (Å²) in [6, 6.07) is 11.5. The second kappa shape index (κ2) is 9.52. The first-order valence-electron chi connectivity index (χ1n) is 9.01. The van der Waals surface area contributed by atoms with E-state index in [0.29, 0.717) is 13.2 Å². The maximum Gasteiger partial charge on any atom is 0.119 e. The fourth-order valence-corrected chi connectivity index (χ4v) is 3.09. The minimum Gasteiger partial charge on any atom is -0.497 e. The van der Waals surface area contributed by atoms with Crippen molar-refractivity contribution in [2.45, 2.75) is 12.6 Å². The highest BCUT2D eigenvalue weighted by Crippen LogP contribution is 2.17. The number of hydrogen-bond acceptors (Lipinski definition) is 6. The Balaban J connectivity index is 1.35. The number of rotatable bonds is 8. The third-order valence-electron chi connectivity index (χ3n) is 4.59. The average Bonchev–Trinajstić information content (AvgIpc) is 2.69. The quantitative estimate of drug-likeness (QED) is 0.775. The summed E-state index contributed by atoms with van der Waals surface area (Å²) in [4.78, 5) is 8.79. The number of benzene rings is 1. The highest BCUT2D eigenvalue weighted by molar-refractivity contribution is 5.31. The third-order valence-corrected chi connectivity index (χ3v) is 4.59. The highest BCUT2D eigenvalue weighted by Gasteiger charge is 2.19. The van der Waals surface area contributed by atoms with Crippen LogP contribution in [0.15, 0.2) is 48.8 Å². The SMILES string of the molecule is COc1ccc(OCC(O)CN2CCN(Cc3ccncc3)CC2)cc1. The lowest BCUT2D eigenvalue weighted by molar-refractivity contribution is 0.0446. The summed E-state index contributed by atoms with van der Waals surface area (Å²) in [6.45, 7) is 5.83. The number of piperazine rings is 1. The van der Waals surface area contributed by atoms with Gasteiger partial charge in [0.15, 0.2) is 0 Å². The van der Waals surface area contributed by atoms with Gasteiger partial charge < -0.3 is 14.6 Å². The second-order valence-electron chi connectivity index (χ2n) is 6.57. The first kappa shape index (κ1) is 18.6. The van der Waals surface area contributed by atoms with Gasteiger partial charge in [-0.05, 0) is 42.0 Å². The molecule has 0 radical (unpaired) electrons. The summed E-state index contributed by atoms with van der Waals surface area (Å²) in [6.07, 6.45) is 3.18. The summed E-state index contributed by atoms with van der Waals surface area (Å²) in [5, 5.41) is 10.3. The smallest absolute Gasteiger partial charge is 0.119 e. The van der Waals surface area contributed by atoms with Crippen LogP contribution >= 0.6 is 0 Å². The lowest BCUT2D eigenvalue weighted by atomic mass is 10.2. The van der Waals surface area contributed by atoms with Crippen LogP contribution in [0.3, 0.4) is 0 Å². The second-order valence-corrected chi connectivity index (χ2v) is 6.57. The Morgan fingerprint density at radius 3 is 2.23 bits per heavy atom. The van der Waals surface area contributed by atoms with Crippen molar-refractivity contribution in [3.05, 3.63) is 54.4 Å². The molecule has 0 aliphatic carbocycles. The van der Waals surface area contributed by atoms with Gasteiger partial charge in [0.25, 0.3) is 0 Å².